The van der Waals surface area contributed by atoms with Gasteiger partial charge in [-0.15, -0.1) is 11.6 Å². The van der Waals surface area contributed by atoms with Gasteiger partial charge in [0.1, 0.15) is 6.10 Å². The zero-order valence-electron chi connectivity index (χ0n) is 17.5. The van der Waals surface area contributed by atoms with E-state index in [0.29, 0.717) is 25.7 Å². The van der Waals surface area contributed by atoms with Gasteiger partial charge in [-0.2, -0.15) is 0 Å². The average Bonchev–Trinajstić information content (AvgIpc) is 3.35. The normalized spacial score (nSPS) is 34.8. The third-order valence-corrected chi connectivity index (χ3v) is 7.21. The quantitative estimate of drug-likeness (QED) is 0.511. The lowest BCUT2D eigenvalue weighted by Gasteiger charge is -2.48. The summed E-state index contributed by atoms with van der Waals surface area (Å²) >= 11 is 5.70. The van der Waals surface area contributed by atoms with Gasteiger partial charge < -0.3 is 19.0 Å². The van der Waals surface area contributed by atoms with E-state index in [1.54, 1.807) is 26.2 Å². The predicted molar refractivity (Wildman–Crippen MR) is 108 cm³/mol. The predicted octanol–water partition coefficient (Wildman–Crippen LogP) is 3.43. The van der Waals surface area contributed by atoms with Crippen molar-refractivity contribution in [2.75, 3.05) is 5.88 Å². The number of hydrogen-bond acceptors (Lipinski definition) is 7. The fraction of sp³-hybridized carbons (Fsp3) is 0.682. The molecule has 7 nitrogen and oxygen atoms in total. The van der Waals surface area contributed by atoms with Crippen molar-refractivity contribution < 1.29 is 33.4 Å². The minimum atomic E-state index is -0.988. The van der Waals surface area contributed by atoms with Crippen molar-refractivity contribution in [1.82, 2.24) is 0 Å². The second-order valence-electron chi connectivity index (χ2n) is 8.55. The number of ketones is 1. The first-order valence-electron chi connectivity index (χ1n) is 10.4. The fourth-order valence-corrected chi connectivity index (χ4v) is 5.40. The number of cyclic esters (lactones) is 1. The van der Waals surface area contributed by atoms with Gasteiger partial charge in [0.15, 0.2) is 11.9 Å². The van der Waals surface area contributed by atoms with Gasteiger partial charge in [-0.1, -0.05) is 20.3 Å². The van der Waals surface area contributed by atoms with Crippen LogP contribution in [0.1, 0.15) is 58.1 Å². The topological polar surface area (TPSA) is 103 Å². The Morgan fingerprint density at radius 2 is 2.13 bits per heavy atom. The zero-order chi connectivity index (χ0) is 22.1. The van der Waals surface area contributed by atoms with E-state index in [9.17, 15) is 19.5 Å². The Bertz CT molecular complexity index is 776. The van der Waals surface area contributed by atoms with Crippen LogP contribution in [0.25, 0.3) is 0 Å². The Morgan fingerprint density at radius 3 is 2.73 bits per heavy atom. The van der Waals surface area contributed by atoms with E-state index < -0.39 is 41.5 Å². The summed E-state index contributed by atoms with van der Waals surface area (Å²) in [7, 11) is 0. The lowest BCUT2D eigenvalue weighted by atomic mass is 9.53. The molecule has 2 fully saturated rings. The molecule has 1 spiro atoms. The lowest BCUT2D eigenvalue weighted by Crippen LogP contribution is -2.58. The zero-order valence-corrected chi connectivity index (χ0v) is 18.3. The molecule has 1 aliphatic carbocycles. The highest BCUT2D eigenvalue weighted by atomic mass is 35.5. The highest BCUT2D eigenvalue weighted by Crippen LogP contribution is 2.59. The van der Waals surface area contributed by atoms with Gasteiger partial charge in [0.2, 0.25) is 0 Å². The van der Waals surface area contributed by atoms with Crippen LogP contribution in [-0.2, 0) is 23.9 Å². The third-order valence-electron chi connectivity index (χ3n) is 6.85. The van der Waals surface area contributed by atoms with Crippen LogP contribution < -0.4 is 0 Å². The number of halogens is 1. The van der Waals surface area contributed by atoms with Crippen molar-refractivity contribution in [3.63, 3.8) is 0 Å². The van der Waals surface area contributed by atoms with Gasteiger partial charge in [0.25, 0.3) is 0 Å². The van der Waals surface area contributed by atoms with Crippen LogP contribution in [0.2, 0.25) is 0 Å². The number of carbonyl (C=O) groups excluding carboxylic acids is 3. The number of hydrogen-bond donors (Lipinski definition) is 1. The number of Topliss-reactive ketones (excluding diaryl/α,β-unsaturated/α-hetero) is 1. The molecule has 8 heteroatoms. The molecule has 0 amide bonds. The van der Waals surface area contributed by atoms with Crippen molar-refractivity contribution >= 4 is 29.3 Å². The van der Waals surface area contributed by atoms with Crippen LogP contribution in [-0.4, -0.2) is 40.9 Å². The minimum absolute atomic E-state index is 0.139. The maximum atomic E-state index is 13.3. The molecular formula is C22H29ClO7. The minimum Gasteiger partial charge on any atom is -0.472 e. The number of furan rings is 1. The molecule has 1 aliphatic heterocycles. The Balaban J connectivity index is 1.95. The molecule has 30 heavy (non-hydrogen) atoms. The number of aliphatic hydroxyl groups excluding tert-OH is 1. The molecule has 0 radical (unpaired) electrons. The Morgan fingerprint density at radius 1 is 1.40 bits per heavy atom. The van der Waals surface area contributed by atoms with Crippen LogP contribution in [0.5, 0.6) is 0 Å². The van der Waals surface area contributed by atoms with E-state index in [2.05, 4.69) is 0 Å². The molecular weight excluding hydrogens is 412 g/mol. The van der Waals surface area contributed by atoms with E-state index >= 15 is 0 Å². The monoisotopic (exact) mass is 440 g/mol. The van der Waals surface area contributed by atoms with E-state index in [1.807, 2.05) is 0 Å². The summed E-state index contributed by atoms with van der Waals surface area (Å²) in [6, 6.07) is 1.76. The summed E-state index contributed by atoms with van der Waals surface area (Å²) in [5.74, 6) is -2.28. The molecule has 0 bridgehead atoms. The van der Waals surface area contributed by atoms with Gasteiger partial charge in [-0.25, -0.2) is 0 Å². The van der Waals surface area contributed by atoms with Crippen LogP contribution in [0.3, 0.4) is 0 Å². The molecule has 1 aromatic heterocycles. The Hall–Kier alpha value is -1.86. The molecule has 2 aliphatic rings. The summed E-state index contributed by atoms with van der Waals surface area (Å²) in [6.45, 7) is 4.84. The first-order chi connectivity index (χ1) is 14.2. The van der Waals surface area contributed by atoms with Crippen molar-refractivity contribution in [2.24, 2.45) is 23.2 Å². The molecule has 1 unspecified atom stereocenters. The van der Waals surface area contributed by atoms with Crippen molar-refractivity contribution in [1.29, 1.82) is 0 Å². The number of ether oxygens (including phenoxy) is 2. The van der Waals surface area contributed by atoms with E-state index in [1.165, 1.54) is 13.2 Å². The van der Waals surface area contributed by atoms with Crippen LogP contribution in [0.4, 0.5) is 0 Å². The van der Waals surface area contributed by atoms with Gasteiger partial charge in [-0.05, 0) is 24.8 Å². The number of esters is 2. The number of aliphatic hydroxyl groups is 1. The SMILES string of the molecule is CC(=O)O[C@@H]1C(=O)[C@H](C)[C@H](CCCC(O)CCl)[C@@]2(C[C@@H](c3ccoc3)OC2=O)[C@@H]1C. The third kappa shape index (κ3) is 4.02. The molecule has 166 valence electrons. The molecule has 0 aromatic carbocycles. The second kappa shape index (κ2) is 9.10. The summed E-state index contributed by atoms with van der Waals surface area (Å²) in [4.78, 5) is 38.1. The van der Waals surface area contributed by atoms with E-state index in [-0.39, 0.29) is 23.6 Å². The maximum Gasteiger partial charge on any atom is 0.313 e. The molecule has 1 saturated heterocycles. The number of alkyl halides is 1. The van der Waals surface area contributed by atoms with Crippen LogP contribution in [0.15, 0.2) is 23.0 Å². The van der Waals surface area contributed by atoms with Gasteiger partial charge in [0.05, 0.1) is 24.0 Å². The van der Waals surface area contributed by atoms with Crippen LogP contribution >= 0.6 is 11.6 Å². The van der Waals surface area contributed by atoms with Crippen molar-refractivity contribution in [3.05, 3.63) is 24.2 Å². The van der Waals surface area contributed by atoms with E-state index in [4.69, 9.17) is 25.5 Å². The maximum absolute atomic E-state index is 13.3. The first-order valence-corrected chi connectivity index (χ1v) is 10.9. The Kier molecular flexibility index (Phi) is 6.92. The molecule has 1 aromatic rings. The average molecular weight is 441 g/mol. The van der Waals surface area contributed by atoms with Crippen molar-refractivity contribution in [2.45, 2.75) is 64.8 Å². The summed E-state index contributed by atoms with van der Waals surface area (Å²) < 4.78 is 16.3. The van der Waals surface area contributed by atoms with Gasteiger partial charge in [0, 0.05) is 36.6 Å². The standard InChI is InChI=1S/C22H29ClO7/c1-12-17(6-4-5-16(25)10-23)22(13(2)20(19(12)26)29-14(3)24)9-18(30-21(22)27)15-7-8-28-11-15/h7-8,11-13,16-18,20,25H,4-6,9-10H2,1-3H3/t12-,13-,16?,17+,18+,20+,22-/m1/s1. The number of carbonyl (C=O) groups is 3. The van der Waals surface area contributed by atoms with Gasteiger partial charge in [-0.3, -0.25) is 14.4 Å². The first kappa shape index (κ1) is 22.8. The molecule has 2 heterocycles. The van der Waals surface area contributed by atoms with Crippen molar-refractivity contribution in [3.8, 4) is 0 Å². The Labute approximate surface area is 181 Å². The lowest BCUT2D eigenvalue weighted by molar-refractivity contribution is -0.180. The molecule has 1 N–H and O–H groups in total. The molecule has 7 atom stereocenters. The fourth-order valence-electron chi connectivity index (χ4n) is 5.24. The second-order valence-corrected chi connectivity index (χ2v) is 8.86. The van der Waals surface area contributed by atoms with Gasteiger partial charge >= 0.3 is 11.9 Å². The van der Waals surface area contributed by atoms with Crippen LogP contribution in [0, 0.1) is 23.2 Å². The largest absolute Gasteiger partial charge is 0.472 e. The number of rotatable bonds is 7. The highest BCUT2D eigenvalue weighted by molar-refractivity contribution is 6.18. The summed E-state index contributed by atoms with van der Waals surface area (Å²) in [5, 5.41) is 9.82. The summed E-state index contributed by atoms with van der Waals surface area (Å²) in [6.07, 6.45) is 3.02. The molecule has 1 saturated carbocycles. The molecule has 3 rings (SSSR count). The smallest absolute Gasteiger partial charge is 0.313 e. The van der Waals surface area contributed by atoms with E-state index in [0.717, 1.165) is 5.56 Å². The highest BCUT2D eigenvalue weighted by Gasteiger charge is 2.65. The summed E-state index contributed by atoms with van der Waals surface area (Å²) in [5.41, 5.74) is -0.210.